The number of ether oxygens (including phenoxy) is 1. The van der Waals surface area contributed by atoms with E-state index in [2.05, 4.69) is 5.32 Å². The summed E-state index contributed by atoms with van der Waals surface area (Å²) >= 11 is 0. The van der Waals surface area contributed by atoms with Crippen LogP contribution in [-0.2, 0) is 4.74 Å². The van der Waals surface area contributed by atoms with Gasteiger partial charge >= 0.3 is 6.09 Å². The standard InChI is InChI=1S/C18H24FN3O4/c1-18(2,3)26-17(23)21-13-5-6-14(21)10-12(9-13)20-15-7-4-11(19)8-16(15)22(24)25/h4,7-8,12-14,20H,5-6,9-10H2,1-3H3/t12?,13-,14+. The van der Waals surface area contributed by atoms with E-state index in [1.807, 2.05) is 25.7 Å². The minimum Gasteiger partial charge on any atom is -0.444 e. The number of anilines is 1. The second-order valence-corrected chi connectivity index (χ2v) is 8.00. The van der Waals surface area contributed by atoms with Crippen molar-refractivity contribution in [2.75, 3.05) is 5.32 Å². The van der Waals surface area contributed by atoms with Crippen LogP contribution in [0, 0.1) is 15.9 Å². The molecule has 2 fully saturated rings. The molecule has 2 heterocycles. The summed E-state index contributed by atoms with van der Waals surface area (Å²) in [5, 5.41) is 14.3. The highest BCUT2D eigenvalue weighted by Gasteiger charge is 2.45. The molecule has 1 aromatic carbocycles. The zero-order valence-electron chi connectivity index (χ0n) is 15.2. The largest absolute Gasteiger partial charge is 0.444 e. The topological polar surface area (TPSA) is 84.7 Å². The number of hydrogen-bond acceptors (Lipinski definition) is 5. The molecule has 142 valence electrons. The maximum Gasteiger partial charge on any atom is 0.410 e. The zero-order chi connectivity index (χ0) is 19.1. The van der Waals surface area contributed by atoms with E-state index in [0.717, 1.165) is 18.9 Å². The molecule has 3 atom stereocenters. The summed E-state index contributed by atoms with van der Waals surface area (Å²) in [6, 6.07) is 3.64. The molecule has 0 aliphatic carbocycles. The van der Waals surface area contributed by atoms with Gasteiger partial charge in [-0.15, -0.1) is 0 Å². The summed E-state index contributed by atoms with van der Waals surface area (Å²) < 4.78 is 18.8. The summed E-state index contributed by atoms with van der Waals surface area (Å²) in [5.74, 6) is -0.637. The second kappa shape index (κ2) is 6.74. The summed E-state index contributed by atoms with van der Waals surface area (Å²) in [5.41, 5.74) is -0.501. The maximum absolute atomic E-state index is 13.3. The van der Waals surface area contributed by atoms with Crippen LogP contribution >= 0.6 is 0 Å². The molecule has 0 aromatic heterocycles. The van der Waals surface area contributed by atoms with Gasteiger partial charge in [0.15, 0.2) is 0 Å². The van der Waals surface area contributed by atoms with Gasteiger partial charge in [0.1, 0.15) is 17.1 Å². The number of fused-ring (bicyclic) bond motifs is 2. The first-order valence-electron chi connectivity index (χ1n) is 8.86. The first kappa shape index (κ1) is 18.4. The first-order valence-corrected chi connectivity index (χ1v) is 8.86. The molecule has 26 heavy (non-hydrogen) atoms. The third-order valence-electron chi connectivity index (χ3n) is 4.85. The molecule has 2 aliphatic heterocycles. The number of benzene rings is 1. The molecule has 0 radical (unpaired) electrons. The minimum atomic E-state index is -0.637. The molecule has 7 nitrogen and oxygen atoms in total. The molecule has 1 amide bonds. The number of halogens is 1. The molecule has 0 saturated carbocycles. The van der Waals surface area contributed by atoms with E-state index in [0.29, 0.717) is 18.5 Å². The Kier molecular flexibility index (Phi) is 4.77. The molecule has 2 bridgehead atoms. The Labute approximate surface area is 151 Å². The van der Waals surface area contributed by atoms with Gasteiger partial charge < -0.3 is 15.0 Å². The van der Waals surface area contributed by atoms with Crippen molar-refractivity contribution in [2.45, 2.75) is 70.2 Å². The minimum absolute atomic E-state index is 0.00431. The number of hydrogen-bond donors (Lipinski definition) is 1. The normalized spacial score (nSPS) is 25.1. The van der Waals surface area contributed by atoms with Crippen molar-refractivity contribution in [3.8, 4) is 0 Å². The highest BCUT2D eigenvalue weighted by molar-refractivity contribution is 5.70. The summed E-state index contributed by atoms with van der Waals surface area (Å²) in [7, 11) is 0. The number of carbonyl (C=O) groups is 1. The van der Waals surface area contributed by atoms with Crippen molar-refractivity contribution < 1.29 is 18.8 Å². The number of amides is 1. The molecule has 2 aliphatic rings. The van der Waals surface area contributed by atoms with Gasteiger partial charge in [-0.2, -0.15) is 0 Å². The van der Waals surface area contributed by atoms with Crippen LogP contribution < -0.4 is 5.32 Å². The summed E-state index contributed by atoms with van der Waals surface area (Å²) in [4.78, 5) is 24.9. The van der Waals surface area contributed by atoms with E-state index in [1.165, 1.54) is 12.1 Å². The van der Waals surface area contributed by atoms with Gasteiger partial charge in [0.2, 0.25) is 0 Å². The van der Waals surface area contributed by atoms with Crippen molar-refractivity contribution in [3.05, 3.63) is 34.1 Å². The lowest BCUT2D eigenvalue weighted by atomic mass is 9.97. The van der Waals surface area contributed by atoms with Crippen LogP contribution in [0.4, 0.5) is 20.6 Å². The predicted octanol–water partition coefficient (Wildman–Crippen LogP) is 4.08. The predicted molar refractivity (Wildman–Crippen MR) is 94.6 cm³/mol. The van der Waals surface area contributed by atoms with Crippen LogP contribution in [0.15, 0.2) is 18.2 Å². The van der Waals surface area contributed by atoms with Gasteiger partial charge in [0.05, 0.1) is 11.0 Å². The van der Waals surface area contributed by atoms with Crippen LogP contribution in [0.5, 0.6) is 0 Å². The Hall–Kier alpha value is -2.38. The van der Waals surface area contributed by atoms with Crippen molar-refractivity contribution in [1.82, 2.24) is 4.90 Å². The molecular formula is C18H24FN3O4. The number of piperidine rings is 1. The van der Waals surface area contributed by atoms with Gasteiger partial charge in [0, 0.05) is 18.1 Å². The number of carbonyl (C=O) groups excluding carboxylic acids is 1. The first-order chi connectivity index (χ1) is 12.1. The fourth-order valence-electron chi connectivity index (χ4n) is 3.91. The second-order valence-electron chi connectivity index (χ2n) is 8.00. The van der Waals surface area contributed by atoms with Gasteiger partial charge in [-0.1, -0.05) is 0 Å². The van der Waals surface area contributed by atoms with Crippen LogP contribution in [0.2, 0.25) is 0 Å². The third kappa shape index (κ3) is 3.89. The Bertz CT molecular complexity index is 705. The van der Waals surface area contributed by atoms with Crippen LogP contribution in [-0.4, -0.2) is 39.6 Å². The average molecular weight is 365 g/mol. The zero-order valence-corrected chi connectivity index (χ0v) is 15.2. The van der Waals surface area contributed by atoms with Gasteiger partial charge in [-0.3, -0.25) is 10.1 Å². The number of nitrogens with zero attached hydrogens (tertiary/aromatic N) is 2. The van der Waals surface area contributed by atoms with Crippen molar-refractivity contribution in [2.24, 2.45) is 0 Å². The van der Waals surface area contributed by atoms with Gasteiger partial charge in [0.25, 0.3) is 5.69 Å². The molecule has 1 aromatic rings. The summed E-state index contributed by atoms with van der Waals surface area (Å²) in [6.45, 7) is 5.53. The van der Waals surface area contributed by atoms with E-state index in [4.69, 9.17) is 4.74 Å². The van der Waals surface area contributed by atoms with E-state index in [-0.39, 0.29) is 29.9 Å². The average Bonchev–Trinajstić information content (AvgIpc) is 2.79. The third-order valence-corrected chi connectivity index (χ3v) is 4.85. The SMILES string of the molecule is CC(C)(C)OC(=O)N1[C@@H]2CC[C@H]1CC(Nc1ccc(F)cc1[N+](=O)[O-])C2. The van der Waals surface area contributed by atoms with Crippen molar-refractivity contribution in [1.29, 1.82) is 0 Å². The van der Waals surface area contributed by atoms with Gasteiger partial charge in [-0.25, -0.2) is 9.18 Å². The quantitative estimate of drug-likeness (QED) is 0.644. The fourth-order valence-corrected chi connectivity index (χ4v) is 3.91. The van der Waals surface area contributed by atoms with Gasteiger partial charge in [-0.05, 0) is 58.6 Å². The Morgan fingerprint density at radius 3 is 2.46 bits per heavy atom. The Morgan fingerprint density at radius 1 is 1.31 bits per heavy atom. The van der Waals surface area contributed by atoms with E-state index in [9.17, 15) is 19.3 Å². The molecule has 3 rings (SSSR count). The lowest BCUT2D eigenvalue weighted by Gasteiger charge is -2.39. The summed E-state index contributed by atoms with van der Waals surface area (Å²) in [6.07, 6.45) is 2.87. The molecule has 1 N–H and O–H groups in total. The molecule has 1 unspecified atom stereocenters. The molecular weight excluding hydrogens is 341 g/mol. The van der Waals surface area contributed by atoms with E-state index in [1.54, 1.807) is 0 Å². The lowest BCUT2D eigenvalue weighted by molar-refractivity contribution is -0.384. The van der Waals surface area contributed by atoms with Crippen molar-refractivity contribution in [3.63, 3.8) is 0 Å². The molecule has 8 heteroatoms. The maximum atomic E-state index is 13.3. The van der Waals surface area contributed by atoms with Crippen LogP contribution in [0.25, 0.3) is 0 Å². The number of nitrogens with one attached hydrogen (secondary N) is 1. The smallest absolute Gasteiger partial charge is 0.410 e. The molecule has 0 spiro atoms. The van der Waals surface area contributed by atoms with E-state index < -0.39 is 16.3 Å². The molecule has 2 saturated heterocycles. The van der Waals surface area contributed by atoms with E-state index >= 15 is 0 Å². The highest BCUT2D eigenvalue weighted by Crippen LogP contribution is 2.38. The lowest BCUT2D eigenvalue weighted by Crippen LogP contribution is -2.51. The Balaban J connectivity index is 1.70. The monoisotopic (exact) mass is 365 g/mol. The van der Waals surface area contributed by atoms with Crippen LogP contribution in [0.3, 0.4) is 0 Å². The van der Waals surface area contributed by atoms with Crippen molar-refractivity contribution >= 4 is 17.5 Å². The number of nitro groups is 1. The fraction of sp³-hybridized carbons (Fsp3) is 0.611. The number of nitro benzene ring substituents is 1. The number of rotatable bonds is 3. The van der Waals surface area contributed by atoms with Crippen LogP contribution in [0.1, 0.15) is 46.5 Å². The Morgan fingerprint density at radius 2 is 1.92 bits per heavy atom. The highest BCUT2D eigenvalue weighted by atomic mass is 19.1.